The number of thiol groups is 1. The Morgan fingerprint density at radius 1 is 1.03 bits per heavy atom. The monoisotopic (exact) mass is 430 g/mol. The number of hydrogen-bond acceptors (Lipinski definition) is 7. The normalized spacial score (nSPS) is 23.5. The fraction of sp³-hybridized carbons (Fsp3) is 0.706. The lowest BCUT2D eigenvalue weighted by atomic mass is 10.1. The maximum absolute atomic E-state index is 13.1. The lowest BCUT2D eigenvalue weighted by Gasteiger charge is -2.32. The summed E-state index contributed by atoms with van der Waals surface area (Å²) in [4.78, 5) is 62.7. The molecule has 2 saturated heterocycles. The number of amides is 3. The molecule has 2 rings (SSSR count). The molecule has 2 heterocycles. The minimum absolute atomic E-state index is 0.0892. The second-order valence-corrected chi connectivity index (χ2v) is 7.53. The van der Waals surface area contributed by atoms with Gasteiger partial charge in [-0.15, -0.1) is 0 Å². The van der Waals surface area contributed by atoms with Crippen molar-refractivity contribution in [1.82, 2.24) is 15.1 Å². The highest BCUT2D eigenvalue weighted by atomic mass is 32.1. The van der Waals surface area contributed by atoms with Gasteiger partial charge in [-0.3, -0.25) is 19.2 Å². The SMILES string of the molecule is NC(CC(=O)O)C(=O)N1CCCC1C(=O)N1CCCC1C(=O)NC(CS)C(=O)O. The van der Waals surface area contributed by atoms with Crippen molar-refractivity contribution in [3.63, 3.8) is 0 Å². The molecule has 12 heteroatoms. The smallest absolute Gasteiger partial charge is 0.327 e. The summed E-state index contributed by atoms with van der Waals surface area (Å²) in [5.41, 5.74) is 5.66. The molecule has 2 fully saturated rings. The molecule has 3 amide bonds. The number of likely N-dealkylation sites (tertiary alicyclic amines) is 2. The van der Waals surface area contributed by atoms with Gasteiger partial charge in [0.25, 0.3) is 0 Å². The van der Waals surface area contributed by atoms with Crippen LogP contribution in [0.5, 0.6) is 0 Å². The Hall–Kier alpha value is -2.34. The van der Waals surface area contributed by atoms with Crippen LogP contribution in [0.1, 0.15) is 32.1 Å². The number of hydrogen-bond donors (Lipinski definition) is 5. The van der Waals surface area contributed by atoms with Crippen molar-refractivity contribution in [3.05, 3.63) is 0 Å². The van der Waals surface area contributed by atoms with Gasteiger partial charge in [0.1, 0.15) is 18.1 Å². The molecule has 4 atom stereocenters. The topological polar surface area (TPSA) is 170 Å². The summed E-state index contributed by atoms with van der Waals surface area (Å²) in [7, 11) is 0. The lowest BCUT2D eigenvalue weighted by Crippen LogP contribution is -2.56. The number of carbonyl (C=O) groups excluding carboxylic acids is 3. The first-order valence-corrected chi connectivity index (χ1v) is 10.0. The zero-order chi connectivity index (χ0) is 21.7. The van der Waals surface area contributed by atoms with Crippen molar-refractivity contribution in [2.45, 2.75) is 56.3 Å². The number of carboxylic acid groups (broad SMARTS) is 2. The Balaban J connectivity index is 2.08. The number of nitrogens with one attached hydrogen (secondary N) is 1. The summed E-state index contributed by atoms with van der Waals surface area (Å²) in [5, 5.41) is 20.3. The predicted octanol–water partition coefficient (Wildman–Crippen LogP) is -1.73. The number of nitrogens with zero attached hydrogens (tertiary/aromatic N) is 2. The summed E-state index contributed by atoms with van der Waals surface area (Å²) in [6, 6.07) is -4.04. The van der Waals surface area contributed by atoms with Crippen LogP contribution < -0.4 is 11.1 Å². The van der Waals surface area contributed by atoms with E-state index in [9.17, 15) is 24.0 Å². The van der Waals surface area contributed by atoms with Gasteiger partial charge in [-0.2, -0.15) is 12.6 Å². The third-order valence-electron chi connectivity index (χ3n) is 5.17. The van der Waals surface area contributed by atoms with Gasteiger partial charge in [0.15, 0.2) is 0 Å². The molecule has 0 saturated carbocycles. The molecular weight excluding hydrogens is 404 g/mol. The van der Waals surface area contributed by atoms with Gasteiger partial charge in [-0.25, -0.2) is 4.79 Å². The average Bonchev–Trinajstić information content (AvgIpc) is 3.33. The second-order valence-electron chi connectivity index (χ2n) is 7.17. The van der Waals surface area contributed by atoms with Crippen LogP contribution in [-0.2, 0) is 24.0 Å². The lowest BCUT2D eigenvalue weighted by molar-refractivity contribution is -0.149. The van der Waals surface area contributed by atoms with E-state index >= 15 is 0 Å². The van der Waals surface area contributed by atoms with E-state index in [0.717, 1.165) is 0 Å². The first-order chi connectivity index (χ1) is 13.7. The molecule has 0 aromatic rings. The minimum atomic E-state index is -1.25. The molecule has 0 spiro atoms. The highest BCUT2D eigenvalue weighted by Crippen LogP contribution is 2.25. The molecule has 11 nitrogen and oxygen atoms in total. The second kappa shape index (κ2) is 9.92. The van der Waals surface area contributed by atoms with Gasteiger partial charge < -0.3 is 31.1 Å². The van der Waals surface area contributed by atoms with Crippen molar-refractivity contribution >= 4 is 42.3 Å². The number of nitrogens with two attached hydrogens (primary N) is 1. The molecule has 4 unspecified atom stereocenters. The number of rotatable bonds is 8. The molecule has 162 valence electrons. The summed E-state index contributed by atoms with van der Waals surface area (Å²) >= 11 is 3.91. The van der Waals surface area contributed by atoms with E-state index in [-0.39, 0.29) is 12.3 Å². The van der Waals surface area contributed by atoms with Crippen LogP contribution in [0.3, 0.4) is 0 Å². The van der Waals surface area contributed by atoms with Gasteiger partial charge in [0.05, 0.1) is 12.5 Å². The van der Waals surface area contributed by atoms with E-state index in [1.165, 1.54) is 9.80 Å². The Morgan fingerprint density at radius 3 is 2.17 bits per heavy atom. The Morgan fingerprint density at radius 2 is 1.62 bits per heavy atom. The molecule has 2 aliphatic heterocycles. The largest absolute Gasteiger partial charge is 0.481 e. The van der Waals surface area contributed by atoms with Crippen LogP contribution >= 0.6 is 12.6 Å². The van der Waals surface area contributed by atoms with Gasteiger partial charge in [-0.05, 0) is 25.7 Å². The highest BCUT2D eigenvalue weighted by molar-refractivity contribution is 7.80. The van der Waals surface area contributed by atoms with Crippen molar-refractivity contribution in [3.8, 4) is 0 Å². The zero-order valence-electron chi connectivity index (χ0n) is 15.8. The quantitative estimate of drug-likeness (QED) is 0.283. The maximum atomic E-state index is 13.1. The van der Waals surface area contributed by atoms with Crippen molar-refractivity contribution in [2.24, 2.45) is 5.73 Å². The fourth-order valence-corrected chi connectivity index (χ4v) is 3.97. The fourth-order valence-electron chi connectivity index (χ4n) is 3.72. The first-order valence-electron chi connectivity index (χ1n) is 9.39. The van der Waals surface area contributed by atoms with E-state index in [4.69, 9.17) is 15.9 Å². The molecular formula is C17H26N4O7S. The van der Waals surface area contributed by atoms with Crippen molar-refractivity contribution in [1.29, 1.82) is 0 Å². The van der Waals surface area contributed by atoms with E-state index < -0.39 is 60.2 Å². The maximum Gasteiger partial charge on any atom is 0.327 e. The van der Waals surface area contributed by atoms with Gasteiger partial charge >= 0.3 is 11.9 Å². The molecule has 0 aromatic heterocycles. The molecule has 0 aliphatic carbocycles. The standard InChI is InChI=1S/C17H26N4O7S/c18-9(7-13(22)23)15(25)21-6-2-4-12(21)16(26)20-5-1-3-11(20)14(24)19-10(8-29)17(27)28/h9-12,29H,1-8,18H2,(H,19,24)(H,22,23)(H,27,28). The number of carboxylic acids is 2. The molecule has 29 heavy (non-hydrogen) atoms. The van der Waals surface area contributed by atoms with Crippen LogP contribution in [-0.4, -0.2) is 92.7 Å². The summed E-state index contributed by atoms with van der Waals surface area (Å²) in [6.45, 7) is 0.600. The van der Waals surface area contributed by atoms with E-state index in [0.29, 0.717) is 32.2 Å². The Kier molecular flexibility index (Phi) is 7.85. The Bertz CT molecular complexity index is 689. The third-order valence-corrected chi connectivity index (χ3v) is 5.53. The van der Waals surface area contributed by atoms with Gasteiger partial charge in [0.2, 0.25) is 17.7 Å². The summed E-state index contributed by atoms with van der Waals surface area (Å²) in [5.74, 6) is -4.10. The van der Waals surface area contributed by atoms with Crippen LogP contribution in [0, 0.1) is 0 Å². The van der Waals surface area contributed by atoms with Gasteiger partial charge in [-0.1, -0.05) is 0 Å². The molecule has 0 radical (unpaired) electrons. The van der Waals surface area contributed by atoms with E-state index in [1.807, 2.05) is 0 Å². The highest BCUT2D eigenvalue weighted by Gasteiger charge is 2.43. The molecule has 0 aromatic carbocycles. The molecule has 0 bridgehead atoms. The van der Waals surface area contributed by atoms with Gasteiger partial charge in [0, 0.05) is 18.8 Å². The Labute approximate surface area is 173 Å². The summed E-state index contributed by atoms with van der Waals surface area (Å²) < 4.78 is 0. The average molecular weight is 430 g/mol. The molecule has 5 N–H and O–H groups in total. The number of aliphatic carboxylic acids is 2. The van der Waals surface area contributed by atoms with E-state index in [1.54, 1.807) is 0 Å². The number of carbonyl (C=O) groups is 5. The van der Waals surface area contributed by atoms with E-state index in [2.05, 4.69) is 17.9 Å². The zero-order valence-corrected chi connectivity index (χ0v) is 16.7. The first kappa shape index (κ1) is 22.9. The summed E-state index contributed by atoms with van der Waals surface area (Å²) in [6.07, 6.45) is 1.37. The minimum Gasteiger partial charge on any atom is -0.481 e. The van der Waals surface area contributed by atoms with Crippen LogP contribution in [0.4, 0.5) is 0 Å². The van der Waals surface area contributed by atoms with Crippen molar-refractivity contribution < 1.29 is 34.2 Å². The third kappa shape index (κ3) is 5.38. The van der Waals surface area contributed by atoms with Crippen LogP contribution in [0.15, 0.2) is 0 Å². The molecule has 2 aliphatic rings. The van der Waals surface area contributed by atoms with Crippen LogP contribution in [0.25, 0.3) is 0 Å². The van der Waals surface area contributed by atoms with Crippen LogP contribution in [0.2, 0.25) is 0 Å². The predicted molar refractivity (Wildman–Crippen MR) is 103 cm³/mol. The van der Waals surface area contributed by atoms with Crippen molar-refractivity contribution in [2.75, 3.05) is 18.8 Å².